The van der Waals surface area contributed by atoms with Crippen LogP contribution in [0.4, 0.5) is 5.69 Å². The monoisotopic (exact) mass is 326 g/mol. The van der Waals surface area contributed by atoms with Crippen molar-refractivity contribution in [1.82, 2.24) is 15.5 Å². The van der Waals surface area contributed by atoms with Gasteiger partial charge in [0, 0.05) is 23.4 Å². The second-order valence-electron chi connectivity index (χ2n) is 6.25. The lowest BCUT2D eigenvalue weighted by molar-refractivity contribution is -0.117. The molecule has 0 spiro atoms. The van der Waals surface area contributed by atoms with Gasteiger partial charge in [-0.2, -0.15) is 5.10 Å². The lowest BCUT2D eigenvalue weighted by Crippen LogP contribution is -2.42. The average Bonchev–Trinajstić information content (AvgIpc) is 3.08. The second-order valence-corrected chi connectivity index (χ2v) is 6.25. The van der Waals surface area contributed by atoms with Gasteiger partial charge < -0.3 is 10.6 Å². The summed E-state index contributed by atoms with van der Waals surface area (Å²) in [6, 6.07) is 10.7. The van der Waals surface area contributed by atoms with Gasteiger partial charge in [0.1, 0.15) is 0 Å². The third-order valence-corrected chi connectivity index (χ3v) is 4.34. The van der Waals surface area contributed by atoms with Gasteiger partial charge in [-0.3, -0.25) is 9.59 Å². The number of nitrogens with zero attached hydrogens (tertiary/aromatic N) is 1. The fourth-order valence-electron chi connectivity index (χ4n) is 3.03. The molecule has 6 heteroatoms. The zero-order chi connectivity index (χ0) is 16.9. The molecule has 3 N–H and O–H groups in total. The summed E-state index contributed by atoms with van der Waals surface area (Å²) in [6.45, 7) is 1.89. The third kappa shape index (κ3) is 4.08. The Morgan fingerprint density at radius 1 is 1.25 bits per heavy atom. The highest BCUT2D eigenvalue weighted by Crippen LogP contribution is 2.21. The van der Waals surface area contributed by atoms with E-state index < -0.39 is 0 Å². The fraction of sp³-hybridized carbons (Fsp3) is 0.389. The number of carbonyl (C=O) groups excluding carboxylic acids is 1. The summed E-state index contributed by atoms with van der Waals surface area (Å²) in [5.41, 5.74) is 1.96. The Morgan fingerprint density at radius 2 is 2.04 bits per heavy atom. The number of anilines is 1. The van der Waals surface area contributed by atoms with Crippen LogP contribution in [0, 0.1) is 0 Å². The quantitative estimate of drug-likeness (QED) is 0.787. The number of amides is 1. The number of nitrogens with one attached hydrogen (secondary N) is 3. The Labute approximate surface area is 140 Å². The molecular formula is C18H22N4O2. The van der Waals surface area contributed by atoms with E-state index in [4.69, 9.17) is 0 Å². The minimum absolute atomic E-state index is 0.0477. The van der Waals surface area contributed by atoms with Gasteiger partial charge in [-0.05, 0) is 38.0 Å². The molecule has 24 heavy (non-hydrogen) atoms. The molecule has 1 aliphatic rings. The molecule has 0 saturated heterocycles. The molecule has 0 aliphatic heterocycles. The molecular weight excluding hydrogens is 304 g/mol. The Morgan fingerprint density at radius 3 is 2.75 bits per heavy atom. The van der Waals surface area contributed by atoms with Gasteiger partial charge in [0.05, 0.1) is 11.7 Å². The molecule has 1 aromatic heterocycles. The van der Waals surface area contributed by atoms with Crippen molar-refractivity contribution < 1.29 is 4.79 Å². The topological polar surface area (TPSA) is 86.9 Å². The predicted molar refractivity (Wildman–Crippen MR) is 93.8 cm³/mol. The van der Waals surface area contributed by atoms with E-state index in [0.29, 0.717) is 17.4 Å². The molecule has 3 rings (SSSR count). The predicted octanol–water partition coefficient (Wildman–Crippen LogP) is 2.30. The van der Waals surface area contributed by atoms with Gasteiger partial charge in [0.25, 0.3) is 5.56 Å². The van der Waals surface area contributed by atoms with E-state index in [1.807, 2.05) is 31.2 Å². The Hall–Kier alpha value is -2.47. The van der Waals surface area contributed by atoms with Crippen molar-refractivity contribution >= 4 is 11.6 Å². The molecule has 1 amide bonds. The molecule has 1 aromatic carbocycles. The minimum Gasteiger partial charge on any atom is -0.325 e. The van der Waals surface area contributed by atoms with Crippen LogP contribution in [0.5, 0.6) is 0 Å². The first kappa shape index (κ1) is 16.4. The van der Waals surface area contributed by atoms with Gasteiger partial charge in [-0.15, -0.1) is 0 Å². The molecule has 0 bridgehead atoms. The standard InChI is InChI=1S/C18H22N4O2/c1-12(19-14-6-2-3-7-14)18(24)20-15-8-4-5-13(11-15)16-9-10-17(23)22-21-16/h4-5,8-12,14,19H,2-3,6-7H2,1H3,(H,20,24)(H,22,23). The number of hydrogen-bond donors (Lipinski definition) is 3. The van der Waals surface area contributed by atoms with Crippen molar-refractivity contribution in [1.29, 1.82) is 0 Å². The van der Waals surface area contributed by atoms with E-state index in [2.05, 4.69) is 20.8 Å². The number of aromatic amines is 1. The van der Waals surface area contributed by atoms with Crippen molar-refractivity contribution in [3.8, 4) is 11.3 Å². The van der Waals surface area contributed by atoms with Gasteiger partial charge in [-0.25, -0.2) is 5.10 Å². The summed E-state index contributed by atoms with van der Waals surface area (Å²) in [5, 5.41) is 12.7. The molecule has 126 valence electrons. The molecule has 1 atom stereocenters. The van der Waals surface area contributed by atoms with Crippen molar-refractivity contribution in [2.75, 3.05) is 5.32 Å². The Bertz CT molecular complexity index is 745. The fourth-order valence-corrected chi connectivity index (χ4v) is 3.03. The number of hydrogen-bond acceptors (Lipinski definition) is 4. The molecule has 0 radical (unpaired) electrons. The molecule has 6 nitrogen and oxygen atoms in total. The van der Waals surface area contributed by atoms with E-state index in [1.165, 1.54) is 18.9 Å². The highest BCUT2D eigenvalue weighted by Gasteiger charge is 2.20. The summed E-state index contributed by atoms with van der Waals surface area (Å²) < 4.78 is 0. The van der Waals surface area contributed by atoms with Crippen LogP contribution in [-0.4, -0.2) is 28.2 Å². The van der Waals surface area contributed by atoms with E-state index in [1.54, 1.807) is 6.07 Å². The molecule has 1 saturated carbocycles. The highest BCUT2D eigenvalue weighted by molar-refractivity contribution is 5.95. The van der Waals surface area contributed by atoms with E-state index in [-0.39, 0.29) is 17.5 Å². The minimum atomic E-state index is -0.241. The van der Waals surface area contributed by atoms with Crippen LogP contribution in [0.1, 0.15) is 32.6 Å². The number of benzene rings is 1. The third-order valence-electron chi connectivity index (χ3n) is 4.34. The molecule has 1 heterocycles. The van der Waals surface area contributed by atoms with Crippen molar-refractivity contribution in [2.24, 2.45) is 0 Å². The second kappa shape index (κ2) is 7.40. The number of aromatic nitrogens is 2. The van der Waals surface area contributed by atoms with Crippen LogP contribution in [0.15, 0.2) is 41.2 Å². The maximum Gasteiger partial charge on any atom is 0.264 e. The normalized spacial score (nSPS) is 16.0. The van der Waals surface area contributed by atoms with Crippen LogP contribution in [0.2, 0.25) is 0 Å². The Kier molecular flexibility index (Phi) is 5.05. The summed E-state index contributed by atoms with van der Waals surface area (Å²) in [6.07, 6.45) is 4.76. The van der Waals surface area contributed by atoms with Gasteiger partial charge >= 0.3 is 0 Å². The maximum atomic E-state index is 12.4. The number of carbonyl (C=O) groups is 1. The summed E-state index contributed by atoms with van der Waals surface area (Å²) in [4.78, 5) is 23.5. The summed E-state index contributed by atoms with van der Waals surface area (Å²) in [7, 11) is 0. The maximum absolute atomic E-state index is 12.4. The molecule has 1 unspecified atom stereocenters. The SMILES string of the molecule is CC(NC1CCCC1)C(=O)Nc1cccc(-c2ccc(=O)[nH]n2)c1. The van der Waals surface area contributed by atoms with Crippen LogP contribution in [-0.2, 0) is 4.79 Å². The molecule has 2 aromatic rings. The smallest absolute Gasteiger partial charge is 0.264 e. The zero-order valence-corrected chi connectivity index (χ0v) is 13.7. The van der Waals surface area contributed by atoms with E-state index in [0.717, 1.165) is 18.4 Å². The van der Waals surface area contributed by atoms with Gasteiger partial charge in [0.15, 0.2) is 0 Å². The molecule has 1 aliphatic carbocycles. The Balaban J connectivity index is 1.66. The van der Waals surface area contributed by atoms with Crippen molar-refractivity contribution in [3.63, 3.8) is 0 Å². The summed E-state index contributed by atoms with van der Waals surface area (Å²) in [5.74, 6) is -0.0477. The number of H-pyrrole nitrogens is 1. The zero-order valence-electron chi connectivity index (χ0n) is 13.7. The number of rotatable bonds is 5. The molecule has 1 fully saturated rings. The lowest BCUT2D eigenvalue weighted by atomic mass is 10.1. The summed E-state index contributed by atoms with van der Waals surface area (Å²) >= 11 is 0. The lowest BCUT2D eigenvalue weighted by Gasteiger charge is -2.19. The van der Waals surface area contributed by atoms with Crippen LogP contribution in [0.25, 0.3) is 11.3 Å². The van der Waals surface area contributed by atoms with Crippen LogP contribution in [0.3, 0.4) is 0 Å². The first-order chi connectivity index (χ1) is 11.6. The first-order valence-corrected chi connectivity index (χ1v) is 8.35. The van der Waals surface area contributed by atoms with Crippen molar-refractivity contribution in [2.45, 2.75) is 44.7 Å². The first-order valence-electron chi connectivity index (χ1n) is 8.35. The largest absolute Gasteiger partial charge is 0.325 e. The van der Waals surface area contributed by atoms with Crippen LogP contribution >= 0.6 is 0 Å². The average molecular weight is 326 g/mol. The van der Waals surface area contributed by atoms with Crippen molar-refractivity contribution in [3.05, 3.63) is 46.8 Å². The van der Waals surface area contributed by atoms with Gasteiger partial charge in [0.2, 0.25) is 5.91 Å². The van der Waals surface area contributed by atoms with Crippen LogP contribution < -0.4 is 16.2 Å². The van der Waals surface area contributed by atoms with E-state index >= 15 is 0 Å². The van der Waals surface area contributed by atoms with Gasteiger partial charge in [-0.1, -0.05) is 25.0 Å². The highest BCUT2D eigenvalue weighted by atomic mass is 16.2. The van der Waals surface area contributed by atoms with E-state index in [9.17, 15) is 9.59 Å².